The van der Waals surface area contributed by atoms with Gasteiger partial charge in [0.1, 0.15) is 23.0 Å². The second-order valence-electron chi connectivity index (χ2n) is 8.04. The first-order valence-electron chi connectivity index (χ1n) is 10.5. The molecule has 32 heavy (non-hydrogen) atoms. The largest absolute Gasteiger partial charge is 0.364 e. The van der Waals surface area contributed by atoms with Gasteiger partial charge < -0.3 is 14.9 Å². The number of amides is 1. The Morgan fingerprint density at radius 2 is 2.00 bits per heavy atom. The van der Waals surface area contributed by atoms with Crippen LogP contribution >= 0.6 is 0 Å². The number of nitrogens with zero attached hydrogens (tertiary/aromatic N) is 5. The van der Waals surface area contributed by atoms with E-state index in [9.17, 15) is 9.18 Å². The third-order valence-corrected chi connectivity index (χ3v) is 6.09. The molecule has 4 aromatic heterocycles. The van der Waals surface area contributed by atoms with E-state index in [1.807, 2.05) is 30.3 Å². The number of hydrogen-bond donors (Lipinski definition) is 1. The number of carbonyl (C=O) groups excluding carboxylic acids is 1. The first-order chi connectivity index (χ1) is 15.6. The molecular weight excluding hydrogens is 407 g/mol. The van der Waals surface area contributed by atoms with E-state index >= 15 is 0 Å². The molecule has 0 saturated carbocycles. The summed E-state index contributed by atoms with van der Waals surface area (Å²) in [5.74, 6) is -0.00197. The van der Waals surface area contributed by atoms with Crippen LogP contribution in [0.1, 0.15) is 28.3 Å². The van der Waals surface area contributed by atoms with Crippen molar-refractivity contribution in [1.82, 2.24) is 24.1 Å². The molecule has 2 N–H and O–H groups in total. The number of aromatic nitrogens is 5. The van der Waals surface area contributed by atoms with Crippen molar-refractivity contribution in [2.75, 3.05) is 0 Å². The lowest BCUT2D eigenvalue weighted by molar-refractivity contribution is 0.0993. The summed E-state index contributed by atoms with van der Waals surface area (Å²) in [6, 6.07) is 11.0. The molecule has 0 bridgehead atoms. The molecule has 0 aliphatic carbocycles. The van der Waals surface area contributed by atoms with Crippen molar-refractivity contribution in [2.24, 2.45) is 5.73 Å². The standard InChI is InChI=1S/C24H19FN6O/c25-16-11-17-21(15-3-4-19-18(10-15)29-20-2-1-9-30(19)20)22(23(26)32)31(24(17)28-12-16)13-14-5-7-27-8-6-14/h3-8,10-12H,1-2,9,13H2,(H2,26,32). The number of pyridine rings is 2. The van der Waals surface area contributed by atoms with Crippen LogP contribution in [-0.2, 0) is 19.5 Å². The Balaban J connectivity index is 1.62. The van der Waals surface area contributed by atoms with Crippen LogP contribution in [0.15, 0.2) is 55.0 Å². The summed E-state index contributed by atoms with van der Waals surface area (Å²) in [6.45, 7) is 1.31. The van der Waals surface area contributed by atoms with Crippen LogP contribution < -0.4 is 5.73 Å². The van der Waals surface area contributed by atoms with Crippen molar-refractivity contribution in [3.63, 3.8) is 0 Å². The van der Waals surface area contributed by atoms with Crippen molar-refractivity contribution in [1.29, 1.82) is 0 Å². The van der Waals surface area contributed by atoms with Gasteiger partial charge in [-0.25, -0.2) is 14.4 Å². The number of aryl methyl sites for hydroxylation is 2. The second-order valence-corrected chi connectivity index (χ2v) is 8.04. The van der Waals surface area contributed by atoms with Crippen LogP contribution in [0.5, 0.6) is 0 Å². The molecule has 0 spiro atoms. The van der Waals surface area contributed by atoms with E-state index in [0.29, 0.717) is 28.8 Å². The number of nitrogens with two attached hydrogens (primary N) is 1. The molecule has 1 aliphatic rings. The number of carbonyl (C=O) groups is 1. The lowest BCUT2D eigenvalue weighted by Gasteiger charge is -2.10. The highest BCUT2D eigenvalue weighted by Gasteiger charge is 2.25. The Bertz CT molecular complexity index is 1520. The zero-order valence-corrected chi connectivity index (χ0v) is 17.1. The highest BCUT2D eigenvalue weighted by molar-refractivity contribution is 6.09. The van der Waals surface area contributed by atoms with Crippen molar-refractivity contribution in [2.45, 2.75) is 25.9 Å². The fourth-order valence-electron chi connectivity index (χ4n) is 4.74. The molecule has 0 unspecified atom stereocenters. The number of rotatable bonds is 4. The van der Waals surface area contributed by atoms with Crippen LogP contribution in [0.4, 0.5) is 4.39 Å². The zero-order chi connectivity index (χ0) is 21.8. The van der Waals surface area contributed by atoms with Gasteiger partial charge in [0.25, 0.3) is 5.91 Å². The third kappa shape index (κ3) is 2.80. The SMILES string of the molecule is NC(=O)c1c(-c2ccc3c(c2)nc2n3CCC2)c2cc(F)cnc2n1Cc1ccncc1. The fraction of sp³-hybridized carbons (Fsp3) is 0.167. The monoisotopic (exact) mass is 426 g/mol. The Morgan fingerprint density at radius 1 is 1.16 bits per heavy atom. The van der Waals surface area contributed by atoms with Crippen molar-refractivity contribution < 1.29 is 9.18 Å². The maximum atomic E-state index is 14.3. The molecule has 0 fully saturated rings. The number of primary amides is 1. The van der Waals surface area contributed by atoms with Gasteiger partial charge in [0.05, 0.1) is 17.2 Å². The van der Waals surface area contributed by atoms with E-state index in [0.717, 1.165) is 53.6 Å². The Morgan fingerprint density at radius 3 is 2.81 bits per heavy atom. The molecular formula is C24H19FN6O. The number of benzene rings is 1. The normalized spacial score (nSPS) is 13.2. The molecule has 1 aliphatic heterocycles. The Hall–Kier alpha value is -4.07. The predicted molar refractivity (Wildman–Crippen MR) is 119 cm³/mol. The molecule has 8 heteroatoms. The van der Waals surface area contributed by atoms with Gasteiger partial charge in [-0.3, -0.25) is 9.78 Å². The lowest BCUT2D eigenvalue weighted by Crippen LogP contribution is -2.18. The smallest absolute Gasteiger partial charge is 0.266 e. The highest BCUT2D eigenvalue weighted by atomic mass is 19.1. The summed E-state index contributed by atoms with van der Waals surface area (Å²) >= 11 is 0. The minimum atomic E-state index is -0.597. The summed E-state index contributed by atoms with van der Waals surface area (Å²) in [4.78, 5) is 25.8. The van der Waals surface area contributed by atoms with Crippen molar-refractivity contribution in [3.8, 4) is 11.1 Å². The van der Waals surface area contributed by atoms with E-state index < -0.39 is 11.7 Å². The number of halogens is 1. The van der Waals surface area contributed by atoms with Gasteiger partial charge >= 0.3 is 0 Å². The average molecular weight is 426 g/mol. The van der Waals surface area contributed by atoms with Crippen LogP contribution in [0.25, 0.3) is 33.2 Å². The maximum Gasteiger partial charge on any atom is 0.266 e. The van der Waals surface area contributed by atoms with Crippen LogP contribution in [0.2, 0.25) is 0 Å². The maximum absolute atomic E-state index is 14.3. The third-order valence-electron chi connectivity index (χ3n) is 6.09. The van der Waals surface area contributed by atoms with Gasteiger partial charge in [0, 0.05) is 42.9 Å². The van der Waals surface area contributed by atoms with E-state index in [1.54, 1.807) is 17.0 Å². The molecule has 0 saturated heterocycles. The summed E-state index contributed by atoms with van der Waals surface area (Å²) in [5.41, 5.74) is 10.8. The van der Waals surface area contributed by atoms with E-state index in [1.165, 1.54) is 6.07 Å². The molecule has 1 aromatic carbocycles. The minimum absolute atomic E-state index is 0.293. The summed E-state index contributed by atoms with van der Waals surface area (Å²) in [5, 5.41) is 0.541. The van der Waals surface area contributed by atoms with Gasteiger partial charge in [-0.1, -0.05) is 6.07 Å². The van der Waals surface area contributed by atoms with E-state index in [-0.39, 0.29) is 0 Å². The molecule has 5 heterocycles. The van der Waals surface area contributed by atoms with Gasteiger partial charge in [-0.15, -0.1) is 0 Å². The Kier molecular flexibility index (Phi) is 4.07. The molecule has 6 rings (SSSR count). The topological polar surface area (TPSA) is 91.6 Å². The Labute approximate surface area is 182 Å². The van der Waals surface area contributed by atoms with Gasteiger partial charge in [0.15, 0.2) is 0 Å². The van der Waals surface area contributed by atoms with Gasteiger partial charge in [-0.05, 0) is 47.9 Å². The number of imidazole rings is 1. The van der Waals surface area contributed by atoms with Crippen molar-refractivity contribution >= 4 is 28.0 Å². The van der Waals surface area contributed by atoms with Crippen LogP contribution in [0, 0.1) is 5.82 Å². The highest BCUT2D eigenvalue weighted by Crippen LogP contribution is 2.37. The van der Waals surface area contributed by atoms with Crippen LogP contribution in [0.3, 0.4) is 0 Å². The quantitative estimate of drug-likeness (QED) is 0.475. The molecule has 158 valence electrons. The first-order valence-corrected chi connectivity index (χ1v) is 10.5. The van der Waals surface area contributed by atoms with Crippen molar-refractivity contribution in [3.05, 3.63) is 77.9 Å². The first kappa shape index (κ1) is 18.7. The summed E-state index contributed by atoms with van der Waals surface area (Å²) in [7, 11) is 0. The zero-order valence-electron chi connectivity index (χ0n) is 17.1. The summed E-state index contributed by atoms with van der Waals surface area (Å²) in [6.07, 6.45) is 6.58. The van der Waals surface area contributed by atoms with Crippen LogP contribution in [-0.4, -0.2) is 30.0 Å². The molecule has 5 aromatic rings. The second kappa shape index (κ2) is 6.98. The molecule has 0 radical (unpaired) electrons. The number of fused-ring (bicyclic) bond motifs is 4. The molecule has 0 atom stereocenters. The van der Waals surface area contributed by atoms with Gasteiger partial charge in [0.2, 0.25) is 0 Å². The minimum Gasteiger partial charge on any atom is -0.364 e. The molecule has 7 nitrogen and oxygen atoms in total. The van der Waals surface area contributed by atoms with Gasteiger partial charge in [-0.2, -0.15) is 0 Å². The summed E-state index contributed by atoms with van der Waals surface area (Å²) < 4.78 is 18.2. The van der Waals surface area contributed by atoms with E-state index in [4.69, 9.17) is 10.7 Å². The average Bonchev–Trinajstić information content (AvgIpc) is 3.45. The fourth-order valence-corrected chi connectivity index (χ4v) is 4.74. The number of hydrogen-bond acceptors (Lipinski definition) is 4. The lowest BCUT2D eigenvalue weighted by atomic mass is 10.0. The predicted octanol–water partition coefficient (Wildman–Crippen LogP) is 3.68. The van der Waals surface area contributed by atoms with E-state index in [2.05, 4.69) is 14.5 Å². The molecule has 1 amide bonds.